The summed E-state index contributed by atoms with van der Waals surface area (Å²) in [5.74, 6) is -0.607. The average Bonchev–Trinajstić information content (AvgIpc) is 2.53. The van der Waals surface area contributed by atoms with Crippen molar-refractivity contribution in [1.29, 1.82) is 0 Å². The fourth-order valence-corrected chi connectivity index (χ4v) is 1.90. The number of aliphatic carboxylic acids is 1. The molecule has 4 nitrogen and oxygen atoms in total. The lowest BCUT2D eigenvalue weighted by molar-refractivity contribution is -0.138. The van der Waals surface area contributed by atoms with Gasteiger partial charge in [-0.05, 0) is 35.7 Å². The van der Waals surface area contributed by atoms with Gasteiger partial charge < -0.3 is 14.9 Å². The second-order valence-electron chi connectivity index (χ2n) is 4.89. The highest BCUT2D eigenvalue weighted by molar-refractivity contribution is 5.75. The van der Waals surface area contributed by atoms with E-state index in [-0.39, 0.29) is 6.61 Å². The third-order valence-electron chi connectivity index (χ3n) is 3.36. The summed E-state index contributed by atoms with van der Waals surface area (Å²) in [4.78, 5) is 10.9. The van der Waals surface area contributed by atoms with E-state index >= 15 is 0 Å². The smallest absolute Gasteiger partial charge is 0.310 e. The summed E-state index contributed by atoms with van der Waals surface area (Å²) >= 11 is 0. The van der Waals surface area contributed by atoms with Crippen LogP contribution in [0.2, 0.25) is 0 Å². The molecular formula is C17H18O4. The molecule has 0 spiro atoms. The Morgan fingerprint density at radius 1 is 1.05 bits per heavy atom. The van der Waals surface area contributed by atoms with E-state index in [0.29, 0.717) is 6.61 Å². The van der Waals surface area contributed by atoms with Crippen LogP contribution in [0.1, 0.15) is 29.5 Å². The van der Waals surface area contributed by atoms with Gasteiger partial charge in [0.05, 0.1) is 12.5 Å². The second-order valence-corrected chi connectivity index (χ2v) is 4.89. The third kappa shape index (κ3) is 4.07. The highest BCUT2D eigenvalue weighted by Gasteiger charge is 2.12. The van der Waals surface area contributed by atoms with E-state index in [4.69, 9.17) is 14.9 Å². The Morgan fingerprint density at radius 3 is 2.14 bits per heavy atom. The summed E-state index contributed by atoms with van der Waals surface area (Å²) in [6, 6.07) is 14.6. The number of carbonyl (C=O) groups is 1. The molecule has 0 heterocycles. The van der Waals surface area contributed by atoms with E-state index in [1.54, 1.807) is 6.92 Å². The van der Waals surface area contributed by atoms with E-state index in [0.717, 1.165) is 22.4 Å². The molecule has 4 heteroatoms. The molecule has 0 fully saturated rings. The molecule has 1 unspecified atom stereocenters. The Kier molecular flexibility index (Phi) is 4.95. The van der Waals surface area contributed by atoms with Gasteiger partial charge in [0.25, 0.3) is 0 Å². The molecule has 0 saturated heterocycles. The zero-order chi connectivity index (χ0) is 15.2. The maximum Gasteiger partial charge on any atom is 0.310 e. The van der Waals surface area contributed by atoms with Gasteiger partial charge in [-0.3, -0.25) is 4.79 Å². The molecule has 0 amide bonds. The van der Waals surface area contributed by atoms with Gasteiger partial charge in [0.15, 0.2) is 0 Å². The summed E-state index contributed by atoms with van der Waals surface area (Å²) in [6.45, 7) is 2.10. The molecule has 0 aliphatic carbocycles. The lowest BCUT2D eigenvalue weighted by atomic mass is 10.0. The first kappa shape index (κ1) is 15.1. The summed E-state index contributed by atoms with van der Waals surface area (Å²) in [6.07, 6.45) is 0. The van der Waals surface area contributed by atoms with Gasteiger partial charge in [-0.15, -0.1) is 0 Å². The Morgan fingerprint density at radius 2 is 1.62 bits per heavy atom. The summed E-state index contributed by atoms with van der Waals surface area (Å²) in [5, 5.41) is 17.9. The zero-order valence-electron chi connectivity index (χ0n) is 11.8. The highest BCUT2D eigenvalue weighted by atomic mass is 16.5. The van der Waals surface area contributed by atoms with Crippen molar-refractivity contribution in [3.05, 3.63) is 65.2 Å². The summed E-state index contributed by atoms with van der Waals surface area (Å²) < 4.78 is 5.64. The van der Waals surface area contributed by atoms with E-state index in [1.165, 1.54) is 0 Å². The van der Waals surface area contributed by atoms with Crippen molar-refractivity contribution in [3.8, 4) is 5.75 Å². The van der Waals surface area contributed by atoms with Crippen molar-refractivity contribution in [2.45, 2.75) is 26.1 Å². The molecule has 2 aromatic carbocycles. The van der Waals surface area contributed by atoms with Crippen LogP contribution in [-0.2, 0) is 18.0 Å². The molecule has 2 N–H and O–H groups in total. The zero-order valence-corrected chi connectivity index (χ0v) is 11.8. The van der Waals surface area contributed by atoms with Crippen molar-refractivity contribution in [3.63, 3.8) is 0 Å². The van der Waals surface area contributed by atoms with Gasteiger partial charge >= 0.3 is 5.97 Å². The van der Waals surface area contributed by atoms with Crippen LogP contribution < -0.4 is 4.74 Å². The highest BCUT2D eigenvalue weighted by Crippen LogP contribution is 2.18. The molecule has 0 aliphatic rings. The predicted molar refractivity (Wildman–Crippen MR) is 79.2 cm³/mol. The van der Waals surface area contributed by atoms with Crippen LogP contribution >= 0.6 is 0 Å². The Balaban J connectivity index is 1.95. The van der Waals surface area contributed by atoms with Crippen molar-refractivity contribution in [2.24, 2.45) is 0 Å². The van der Waals surface area contributed by atoms with Crippen LogP contribution in [0.4, 0.5) is 0 Å². The van der Waals surface area contributed by atoms with Gasteiger partial charge in [-0.25, -0.2) is 0 Å². The van der Waals surface area contributed by atoms with E-state index in [9.17, 15) is 4.79 Å². The van der Waals surface area contributed by atoms with Crippen LogP contribution in [0.5, 0.6) is 5.75 Å². The SMILES string of the molecule is CC(C(=O)O)c1ccc(COc2ccc(CO)cc2)cc1. The average molecular weight is 286 g/mol. The number of hydrogen-bond acceptors (Lipinski definition) is 3. The normalized spacial score (nSPS) is 11.9. The van der Waals surface area contributed by atoms with Crippen molar-refractivity contribution in [1.82, 2.24) is 0 Å². The minimum absolute atomic E-state index is 0.0174. The second kappa shape index (κ2) is 6.90. The molecule has 1 atom stereocenters. The van der Waals surface area contributed by atoms with Crippen LogP contribution in [0, 0.1) is 0 Å². The van der Waals surface area contributed by atoms with Crippen molar-refractivity contribution >= 4 is 5.97 Å². The van der Waals surface area contributed by atoms with Crippen molar-refractivity contribution < 1.29 is 19.7 Å². The largest absolute Gasteiger partial charge is 0.489 e. The van der Waals surface area contributed by atoms with E-state index in [2.05, 4.69) is 0 Å². The van der Waals surface area contributed by atoms with Crippen molar-refractivity contribution in [2.75, 3.05) is 0 Å². The molecular weight excluding hydrogens is 268 g/mol. The quantitative estimate of drug-likeness (QED) is 0.856. The molecule has 2 rings (SSSR count). The monoisotopic (exact) mass is 286 g/mol. The first-order valence-electron chi connectivity index (χ1n) is 6.74. The number of ether oxygens (including phenoxy) is 1. The number of benzene rings is 2. The van der Waals surface area contributed by atoms with Gasteiger partial charge in [0, 0.05) is 0 Å². The van der Waals surface area contributed by atoms with Crippen LogP contribution in [0.15, 0.2) is 48.5 Å². The van der Waals surface area contributed by atoms with E-state index < -0.39 is 11.9 Å². The predicted octanol–water partition coefficient (Wildman–Crippen LogP) is 2.95. The van der Waals surface area contributed by atoms with Gasteiger partial charge in [-0.1, -0.05) is 36.4 Å². The molecule has 2 aromatic rings. The number of carboxylic acids is 1. The summed E-state index contributed by atoms with van der Waals surface area (Å²) in [5.41, 5.74) is 2.59. The molecule has 21 heavy (non-hydrogen) atoms. The first-order chi connectivity index (χ1) is 10.1. The Labute approximate surface area is 123 Å². The molecule has 0 saturated carbocycles. The maximum absolute atomic E-state index is 10.9. The number of carboxylic acid groups (broad SMARTS) is 1. The fraction of sp³-hybridized carbons (Fsp3) is 0.235. The van der Waals surface area contributed by atoms with Crippen LogP contribution in [-0.4, -0.2) is 16.2 Å². The molecule has 0 aliphatic heterocycles. The molecule has 0 bridgehead atoms. The lowest BCUT2D eigenvalue weighted by Gasteiger charge is -2.09. The number of aliphatic hydroxyl groups excluding tert-OH is 1. The van der Waals surface area contributed by atoms with Crippen LogP contribution in [0.25, 0.3) is 0 Å². The minimum atomic E-state index is -0.831. The number of rotatable bonds is 6. The molecule has 0 radical (unpaired) electrons. The van der Waals surface area contributed by atoms with Gasteiger partial charge in [-0.2, -0.15) is 0 Å². The molecule has 0 aromatic heterocycles. The fourth-order valence-electron chi connectivity index (χ4n) is 1.90. The maximum atomic E-state index is 10.9. The van der Waals surface area contributed by atoms with Crippen LogP contribution in [0.3, 0.4) is 0 Å². The summed E-state index contributed by atoms with van der Waals surface area (Å²) in [7, 11) is 0. The number of aliphatic hydroxyl groups is 1. The van der Waals surface area contributed by atoms with Gasteiger partial charge in [0.1, 0.15) is 12.4 Å². The third-order valence-corrected chi connectivity index (χ3v) is 3.36. The molecule has 110 valence electrons. The lowest BCUT2D eigenvalue weighted by Crippen LogP contribution is -2.07. The minimum Gasteiger partial charge on any atom is -0.489 e. The number of hydrogen-bond donors (Lipinski definition) is 2. The van der Waals surface area contributed by atoms with E-state index in [1.807, 2.05) is 48.5 Å². The Hall–Kier alpha value is -2.33. The van der Waals surface area contributed by atoms with Gasteiger partial charge in [0.2, 0.25) is 0 Å². The first-order valence-corrected chi connectivity index (χ1v) is 6.74. The Bertz CT molecular complexity index is 587. The standard InChI is InChI=1S/C17H18O4/c1-12(17(19)20)15-6-2-14(3-7-15)11-21-16-8-4-13(10-18)5-9-16/h2-9,12,18H,10-11H2,1H3,(H,19,20). The topological polar surface area (TPSA) is 66.8 Å².